The Morgan fingerprint density at radius 3 is 2.72 bits per heavy atom. The third kappa shape index (κ3) is 3.71. The molecule has 0 saturated heterocycles. The van der Waals surface area contributed by atoms with Crippen molar-refractivity contribution in [1.82, 2.24) is 4.98 Å². The van der Waals surface area contributed by atoms with Crippen LogP contribution >= 0.6 is 0 Å². The van der Waals surface area contributed by atoms with E-state index in [0.717, 1.165) is 11.3 Å². The van der Waals surface area contributed by atoms with Crippen molar-refractivity contribution in [2.45, 2.75) is 6.42 Å². The molecule has 0 aliphatic carbocycles. The highest BCUT2D eigenvalue weighted by molar-refractivity contribution is 5.50. The molecule has 0 aliphatic rings. The maximum atomic E-state index is 8.70. The summed E-state index contributed by atoms with van der Waals surface area (Å²) in [7, 11) is 0. The Bertz CT molecular complexity index is 509. The van der Waals surface area contributed by atoms with E-state index >= 15 is 0 Å². The van der Waals surface area contributed by atoms with Gasteiger partial charge >= 0.3 is 0 Å². The summed E-state index contributed by atoms with van der Waals surface area (Å²) in [5.41, 5.74) is 0.955. The lowest BCUT2D eigenvalue weighted by Crippen LogP contribution is -1.86. The first-order valence-corrected chi connectivity index (χ1v) is 5.84. The van der Waals surface area contributed by atoms with E-state index in [0.29, 0.717) is 12.2 Å². The Morgan fingerprint density at radius 1 is 1.11 bits per heavy atom. The standard InChI is InChI=1S/C15H15NO2/c17-9-5-4-6-13-10-15(12-16-11-13)18-14-7-2-1-3-8-14/h1-4,6-8,10-12,17H,5,9H2/b6-4+. The Hall–Kier alpha value is -2.13. The van der Waals surface area contributed by atoms with Gasteiger partial charge < -0.3 is 9.84 Å². The van der Waals surface area contributed by atoms with Crippen molar-refractivity contribution in [2.24, 2.45) is 0 Å². The molecule has 1 aromatic carbocycles. The minimum absolute atomic E-state index is 0.157. The topological polar surface area (TPSA) is 42.4 Å². The van der Waals surface area contributed by atoms with Crippen LogP contribution in [0.25, 0.3) is 6.08 Å². The third-order valence-electron chi connectivity index (χ3n) is 2.32. The number of pyridine rings is 1. The predicted octanol–water partition coefficient (Wildman–Crippen LogP) is 3.27. The molecule has 0 unspecified atom stereocenters. The highest BCUT2D eigenvalue weighted by atomic mass is 16.5. The normalized spacial score (nSPS) is 10.7. The van der Waals surface area contributed by atoms with Crippen molar-refractivity contribution in [1.29, 1.82) is 0 Å². The smallest absolute Gasteiger partial charge is 0.146 e. The first-order valence-electron chi connectivity index (χ1n) is 5.84. The van der Waals surface area contributed by atoms with Gasteiger partial charge in [0.25, 0.3) is 0 Å². The van der Waals surface area contributed by atoms with Gasteiger partial charge in [-0.15, -0.1) is 0 Å². The second-order valence-corrected chi connectivity index (χ2v) is 3.78. The van der Waals surface area contributed by atoms with Crippen LogP contribution in [0.3, 0.4) is 0 Å². The number of aromatic nitrogens is 1. The van der Waals surface area contributed by atoms with Crippen LogP contribution in [0.5, 0.6) is 11.5 Å². The number of hydrogen-bond acceptors (Lipinski definition) is 3. The van der Waals surface area contributed by atoms with E-state index in [1.54, 1.807) is 12.4 Å². The van der Waals surface area contributed by atoms with E-state index < -0.39 is 0 Å². The molecule has 3 heteroatoms. The lowest BCUT2D eigenvalue weighted by Gasteiger charge is -2.05. The van der Waals surface area contributed by atoms with Gasteiger partial charge in [0.1, 0.15) is 11.5 Å². The fraction of sp³-hybridized carbons (Fsp3) is 0.133. The summed E-state index contributed by atoms with van der Waals surface area (Å²) in [4.78, 5) is 4.12. The van der Waals surface area contributed by atoms with Crippen molar-refractivity contribution in [3.05, 3.63) is 60.4 Å². The van der Waals surface area contributed by atoms with Crippen molar-refractivity contribution in [2.75, 3.05) is 6.61 Å². The molecule has 3 nitrogen and oxygen atoms in total. The van der Waals surface area contributed by atoms with Gasteiger partial charge in [0.15, 0.2) is 0 Å². The van der Waals surface area contributed by atoms with Gasteiger partial charge in [-0.25, -0.2) is 0 Å². The molecular weight excluding hydrogens is 226 g/mol. The molecule has 0 fully saturated rings. The summed E-state index contributed by atoms with van der Waals surface area (Å²) in [5.74, 6) is 1.49. The first-order chi connectivity index (χ1) is 8.88. The Kier molecular flexibility index (Phi) is 4.50. The van der Waals surface area contributed by atoms with E-state index in [1.807, 2.05) is 48.6 Å². The van der Waals surface area contributed by atoms with E-state index in [2.05, 4.69) is 4.98 Å². The van der Waals surface area contributed by atoms with Crippen LogP contribution in [-0.2, 0) is 0 Å². The van der Waals surface area contributed by atoms with Crippen LogP contribution in [0.1, 0.15) is 12.0 Å². The van der Waals surface area contributed by atoms with E-state index in [-0.39, 0.29) is 6.61 Å². The second-order valence-electron chi connectivity index (χ2n) is 3.78. The molecule has 0 radical (unpaired) electrons. The summed E-state index contributed by atoms with van der Waals surface area (Å²) in [5, 5.41) is 8.70. The molecule has 0 saturated carbocycles. The number of ether oxygens (including phenoxy) is 1. The maximum Gasteiger partial charge on any atom is 0.146 e. The molecule has 0 aliphatic heterocycles. The molecule has 2 aromatic rings. The minimum Gasteiger partial charge on any atom is -0.456 e. The van der Waals surface area contributed by atoms with Crippen LogP contribution < -0.4 is 4.74 Å². The molecular formula is C15H15NO2. The molecule has 0 bridgehead atoms. The average Bonchev–Trinajstić information content (AvgIpc) is 2.41. The number of aliphatic hydroxyl groups excluding tert-OH is 1. The lowest BCUT2D eigenvalue weighted by atomic mass is 10.2. The van der Waals surface area contributed by atoms with Gasteiger partial charge in [-0.3, -0.25) is 4.98 Å². The van der Waals surface area contributed by atoms with Crippen molar-refractivity contribution in [3.8, 4) is 11.5 Å². The summed E-state index contributed by atoms with van der Waals surface area (Å²) in [6, 6.07) is 11.5. The van der Waals surface area contributed by atoms with Gasteiger partial charge in [0.05, 0.1) is 6.20 Å². The SMILES string of the molecule is OCC/C=C/c1cncc(Oc2ccccc2)c1. The Labute approximate surface area is 106 Å². The van der Waals surface area contributed by atoms with Crippen LogP contribution in [0.15, 0.2) is 54.9 Å². The van der Waals surface area contributed by atoms with Gasteiger partial charge in [0.2, 0.25) is 0 Å². The van der Waals surface area contributed by atoms with Gasteiger partial charge in [-0.1, -0.05) is 30.4 Å². The van der Waals surface area contributed by atoms with E-state index in [4.69, 9.17) is 9.84 Å². The highest BCUT2D eigenvalue weighted by Gasteiger charge is 1.97. The van der Waals surface area contributed by atoms with Gasteiger partial charge in [-0.05, 0) is 30.2 Å². The largest absolute Gasteiger partial charge is 0.456 e. The predicted molar refractivity (Wildman–Crippen MR) is 71.5 cm³/mol. The molecule has 1 N–H and O–H groups in total. The zero-order valence-electron chi connectivity index (χ0n) is 9.99. The van der Waals surface area contributed by atoms with Crippen molar-refractivity contribution < 1.29 is 9.84 Å². The Morgan fingerprint density at radius 2 is 1.94 bits per heavy atom. The average molecular weight is 241 g/mol. The number of aliphatic hydroxyl groups is 1. The zero-order chi connectivity index (χ0) is 12.6. The van der Waals surface area contributed by atoms with Gasteiger partial charge in [0, 0.05) is 12.8 Å². The Balaban J connectivity index is 2.08. The minimum atomic E-state index is 0.157. The van der Waals surface area contributed by atoms with E-state index in [9.17, 15) is 0 Å². The number of rotatable bonds is 5. The number of nitrogens with zero attached hydrogens (tertiary/aromatic N) is 1. The fourth-order valence-corrected chi connectivity index (χ4v) is 1.50. The van der Waals surface area contributed by atoms with Crippen LogP contribution in [0.2, 0.25) is 0 Å². The van der Waals surface area contributed by atoms with Gasteiger partial charge in [-0.2, -0.15) is 0 Å². The summed E-state index contributed by atoms with van der Waals surface area (Å²) >= 11 is 0. The quantitative estimate of drug-likeness (QED) is 0.873. The first kappa shape index (κ1) is 12.3. The maximum absolute atomic E-state index is 8.70. The zero-order valence-corrected chi connectivity index (χ0v) is 9.99. The second kappa shape index (κ2) is 6.57. The summed E-state index contributed by atoms with van der Waals surface area (Å²) in [6.45, 7) is 0.157. The molecule has 0 atom stereocenters. The monoisotopic (exact) mass is 241 g/mol. The van der Waals surface area contributed by atoms with Crippen LogP contribution in [0, 0.1) is 0 Å². The van der Waals surface area contributed by atoms with Crippen molar-refractivity contribution >= 4 is 6.08 Å². The molecule has 18 heavy (non-hydrogen) atoms. The third-order valence-corrected chi connectivity index (χ3v) is 2.32. The molecule has 1 aromatic heterocycles. The molecule has 0 spiro atoms. The lowest BCUT2D eigenvalue weighted by molar-refractivity contribution is 0.303. The summed E-state index contributed by atoms with van der Waals surface area (Å²) < 4.78 is 5.68. The molecule has 1 heterocycles. The molecule has 2 rings (SSSR count). The molecule has 92 valence electrons. The summed E-state index contributed by atoms with van der Waals surface area (Å²) in [6.07, 6.45) is 7.90. The fourth-order valence-electron chi connectivity index (χ4n) is 1.50. The van der Waals surface area contributed by atoms with Crippen molar-refractivity contribution in [3.63, 3.8) is 0 Å². The number of benzene rings is 1. The van der Waals surface area contributed by atoms with Crippen LogP contribution in [0.4, 0.5) is 0 Å². The number of hydrogen-bond donors (Lipinski definition) is 1. The highest BCUT2D eigenvalue weighted by Crippen LogP contribution is 2.21. The van der Waals surface area contributed by atoms with Crippen LogP contribution in [-0.4, -0.2) is 16.7 Å². The van der Waals surface area contributed by atoms with E-state index in [1.165, 1.54) is 0 Å². The number of para-hydroxylation sites is 1. The molecule has 0 amide bonds.